The van der Waals surface area contributed by atoms with E-state index in [0.29, 0.717) is 22.2 Å². The maximum Gasteiger partial charge on any atom is 0.243 e. The molecular weight excluding hydrogens is 366 g/mol. The lowest BCUT2D eigenvalue weighted by molar-refractivity contribution is -0.116. The highest BCUT2D eigenvalue weighted by Crippen LogP contribution is 2.25. The van der Waals surface area contributed by atoms with Crippen LogP contribution < -0.4 is 10.1 Å². The summed E-state index contributed by atoms with van der Waals surface area (Å²) in [7, 11) is -0.986. The van der Waals surface area contributed by atoms with Crippen LogP contribution in [0, 0.1) is 0 Å². The molecule has 0 saturated heterocycles. The molecule has 2 aromatic carbocycles. The van der Waals surface area contributed by atoms with Crippen molar-refractivity contribution in [3.63, 3.8) is 0 Å². The van der Waals surface area contributed by atoms with Gasteiger partial charge in [0.1, 0.15) is 5.75 Å². The summed E-state index contributed by atoms with van der Waals surface area (Å²) in [5.74, 6) is 0.0328. The topological polar surface area (TPSA) is 88.6 Å². The van der Waals surface area contributed by atoms with Crippen LogP contribution >= 0.6 is 0 Å². The van der Waals surface area contributed by atoms with Crippen LogP contribution in [0.4, 0.5) is 5.69 Å². The zero-order valence-corrected chi connectivity index (χ0v) is 15.7. The molecular formula is C19H19N3O4S. The molecule has 0 unspecified atom stereocenters. The van der Waals surface area contributed by atoms with Gasteiger partial charge in [0.05, 0.1) is 24.2 Å². The number of sulfonamides is 1. The summed E-state index contributed by atoms with van der Waals surface area (Å²) >= 11 is 0. The second-order valence-corrected chi connectivity index (χ2v) is 7.88. The first kappa shape index (κ1) is 18.8. The molecule has 3 rings (SSSR count). The van der Waals surface area contributed by atoms with Crippen LogP contribution in [0.1, 0.15) is 0 Å². The Morgan fingerprint density at radius 3 is 2.70 bits per heavy atom. The average Bonchev–Trinajstić information content (AvgIpc) is 2.67. The predicted molar refractivity (Wildman–Crippen MR) is 103 cm³/mol. The summed E-state index contributed by atoms with van der Waals surface area (Å²) in [5, 5.41) is 3.95. The molecule has 1 amide bonds. The Balaban J connectivity index is 1.82. The number of hydrogen-bond acceptors (Lipinski definition) is 5. The summed E-state index contributed by atoms with van der Waals surface area (Å²) in [5.41, 5.74) is 0.479. The van der Waals surface area contributed by atoms with Gasteiger partial charge in [-0.15, -0.1) is 0 Å². The molecule has 27 heavy (non-hydrogen) atoms. The van der Waals surface area contributed by atoms with Crippen molar-refractivity contribution >= 4 is 32.4 Å². The molecule has 0 bridgehead atoms. The van der Waals surface area contributed by atoms with E-state index in [1.807, 2.05) is 0 Å². The molecule has 7 nitrogen and oxygen atoms in total. The number of benzene rings is 2. The van der Waals surface area contributed by atoms with Crippen molar-refractivity contribution in [3.05, 3.63) is 60.9 Å². The molecule has 0 aliphatic rings. The number of ether oxygens (including phenoxy) is 1. The van der Waals surface area contributed by atoms with Crippen molar-refractivity contribution in [1.29, 1.82) is 0 Å². The molecule has 1 heterocycles. The molecule has 3 aromatic rings. The van der Waals surface area contributed by atoms with Gasteiger partial charge in [0.25, 0.3) is 0 Å². The Morgan fingerprint density at radius 2 is 1.93 bits per heavy atom. The van der Waals surface area contributed by atoms with Crippen molar-refractivity contribution < 1.29 is 17.9 Å². The minimum absolute atomic E-state index is 0.134. The first-order valence-electron chi connectivity index (χ1n) is 8.15. The highest BCUT2D eigenvalue weighted by molar-refractivity contribution is 7.89. The highest BCUT2D eigenvalue weighted by Gasteiger charge is 2.25. The second kappa shape index (κ2) is 7.73. The third-order valence-electron chi connectivity index (χ3n) is 4.08. The Hall–Kier alpha value is -2.97. The maximum atomic E-state index is 13.0. The Morgan fingerprint density at radius 1 is 1.15 bits per heavy atom. The third-order valence-corrected chi connectivity index (χ3v) is 5.94. The molecule has 0 spiro atoms. The van der Waals surface area contributed by atoms with Crippen LogP contribution in [0.5, 0.6) is 5.75 Å². The zero-order chi connectivity index (χ0) is 19.4. The second-order valence-electron chi connectivity index (χ2n) is 5.86. The fraction of sp³-hybridized carbons (Fsp3) is 0.158. The van der Waals surface area contributed by atoms with Crippen LogP contribution in [-0.2, 0) is 14.8 Å². The zero-order valence-electron chi connectivity index (χ0n) is 14.9. The normalized spacial score (nSPS) is 11.5. The number of para-hydroxylation sites is 2. The van der Waals surface area contributed by atoms with Crippen molar-refractivity contribution in [2.24, 2.45) is 0 Å². The van der Waals surface area contributed by atoms with Crippen LogP contribution in [0.2, 0.25) is 0 Å². The lowest BCUT2D eigenvalue weighted by Crippen LogP contribution is -2.35. The van der Waals surface area contributed by atoms with Gasteiger partial charge >= 0.3 is 0 Å². The van der Waals surface area contributed by atoms with Gasteiger partial charge in [-0.1, -0.05) is 24.3 Å². The molecule has 0 fully saturated rings. The molecule has 0 atom stereocenters. The van der Waals surface area contributed by atoms with Gasteiger partial charge in [-0.2, -0.15) is 4.31 Å². The van der Waals surface area contributed by atoms with Crippen molar-refractivity contribution in [2.45, 2.75) is 4.90 Å². The number of anilines is 1. The van der Waals surface area contributed by atoms with Gasteiger partial charge in [-0.3, -0.25) is 9.78 Å². The number of methoxy groups -OCH3 is 1. The summed E-state index contributed by atoms with van der Waals surface area (Å²) in [6.45, 7) is -0.331. The summed E-state index contributed by atoms with van der Waals surface area (Å²) < 4.78 is 32.1. The minimum atomic E-state index is -3.86. The van der Waals surface area contributed by atoms with Crippen molar-refractivity contribution in [3.8, 4) is 5.75 Å². The average molecular weight is 385 g/mol. The number of nitrogens with zero attached hydrogens (tertiary/aromatic N) is 2. The van der Waals surface area contributed by atoms with Gasteiger partial charge in [0, 0.05) is 30.2 Å². The molecule has 8 heteroatoms. The molecule has 1 aromatic heterocycles. The quantitative estimate of drug-likeness (QED) is 0.704. The van der Waals surface area contributed by atoms with E-state index in [1.165, 1.54) is 26.4 Å². The van der Waals surface area contributed by atoms with E-state index in [0.717, 1.165) is 4.31 Å². The van der Waals surface area contributed by atoms with E-state index in [9.17, 15) is 13.2 Å². The van der Waals surface area contributed by atoms with E-state index in [4.69, 9.17) is 4.74 Å². The largest absolute Gasteiger partial charge is 0.495 e. The molecule has 0 aliphatic carbocycles. The van der Waals surface area contributed by atoms with Gasteiger partial charge in [0.15, 0.2) is 0 Å². The van der Waals surface area contributed by atoms with Crippen LogP contribution in [0.25, 0.3) is 10.8 Å². The molecule has 0 radical (unpaired) electrons. The number of likely N-dealkylation sites (N-methyl/N-ethyl adjacent to an activating group) is 1. The lowest BCUT2D eigenvalue weighted by Gasteiger charge is -2.18. The molecule has 1 N–H and O–H groups in total. The molecule has 0 aliphatic heterocycles. The van der Waals surface area contributed by atoms with Gasteiger partial charge in [-0.25, -0.2) is 8.42 Å². The van der Waals surface area contributed by atoms with Gasteiger partial charge in [0.2, 0.25) is 15.9 Å². The van der Waals surface area contributed by atoms with Crippen LogP contribution in [0.15, 0.2) is 65.8 Å². The first-order chi connectivity index (χ1) is 12.9. The van der Waals surface area contributed by atoms with Gasteiger partial charge < -0.3 is 10.1 Å². The number of rotatable bonds is 6. The fourth-order valence-electron chi connectivity index (χ4n) is 2.71. The Bertz CT molecular complexity index is 1080. The monoisotopic (exact) mass is 385 g/mol. The summed E-state index contributed by atoms with van der Waals surface area (Å²) in [6.07, 6.45) is 3.14. The predicted octanol–water partition coefficient (Wildman–Crippen LogP) is 2.50. The standard InChI is InChI=1S/C19H19N3O4S/c1-22(13-19(23)21-16-7-3-4-8-17(16)26-2)27(24,25)18-9-5-6-14-12-20-11-10-15(14)18/h3-12H,13H2,1-2H3,(H,21,23). The van der Waals surface area contributed by atoms with Crippen LogP contribution in [-0.4, -0.2) is 44.3 Å². The number of hydrogen-bond donors (Lipinski definition) is 1. The number of aromatic nitrogens is 1. The highest BCUT2D eigenvalue weighted by atomic mass is 32.2. The van der Waals surface area contributed by atoms with Crippen molar-refractivity contribution in [1.82, 2.24) is 9.29 Å². The van der Waals surface area contributed by atoms with Crippen LogP contribution in [0.3, 0.4) is 0 Å². The van der Waals surface area contributed by atoms with Crippen molar-refractivity contribution in [2.75, 3.05) is 26.0 Å². The van der Waals surface area contributed by atoms with E-state index in [-0.39, 0.29) is 11.4 Å². The number of pyridine rings is 1. The molecule has 0 saturated carbocycles. The lowest BCUT2D eigenvalue weighted by atomic mass is 10.2. The third kappa shape index (κ3) is 3.91. The Kier molecular flexibility index (Phi) is 5.38. The Labute approximate surface area is 157 Å². The number of fused-ring (bicyclic) bond motifs is 1. The van der Waals surface area contributed by atoms with E-state index >= 15 is 0 Å². The number of carbonyl (C=O) groups is 1. The number of nitrogens with one attached hydrogen (secondary N) is 1. The number of amides is 1. The first-order valence-corrected chi connectivity index (χ1v) is 9.59. The summed E-state index contributed by atoms with van der Waals surface area (Å²) in [6, 6.07) is 13.5. The smallest absolute Gasteiger partial charge is 0.243 e. The molecule has 140 valence electrons. The van der Waals surface area contributed by atoms with E-state index in [2.05, 4.69) is 10.3 Å². The minimum Gasteiger partial charge on any atom is -0.495 e. The fourth-order valence-corrected chi connectivity index (χ4v) is 4.05. The number of carbonyl (C=O) groups excluding carboxylic acids is 1. The van der Waals surface area contributed by atoms with E-state index in [1.54, 1.807) is 48.7 Å². The summed E-state index contributed by atoms with van der Waals surface area (Å²) in [4.78, 5) is 16.5. The maximum absolute atomic E-state index is 13.0. The van der Waals surface area contributed by atoms with Gasteiger partial charge in [-0.05, 0) is 24.3 Å². The van der Waals surface area contributed by atoms with E-state index < -0.39 is 15.9 Å². The SMILES string of the molecule is COc1ccccc1NC(=O)CN(C)S(=O)(=O)c1cccc2cnccc12.